The third-order valence-electron chi connectivity index (χ3n) is 2.49. The van der Waals surface area contributed by atoms with Crippen LogP contribution in [-0.2, 0) is 12.7 Å². The van der Waals surface area contributed by atoms with E-state index in [2.05, 4.69) is 15.3 Å². The summed E-state index contributed by atoms with van der Waals surface area (Å²) in [6, 6.07) is 2.49. The molecule has 0 radical (unpaired) electrons. The van der Waals surface area contributed by atoms with Crippen LogP contribution in [0.5, 0.6) is 0 Å². The van der Waals surface area contributed by atoms with E-state index in [1.54, 1.807) is 0 Å². The Morgan fingerprint density at radius 1 is 1.25 bits per heavy atom. The zero-order valence-corrected chi connectivity index (χ0v) is 10.6. The highest BCUT2D eigenvalue weighted by Crippen LogP contribution is 2.33. The van der Waals surface area contributed by atoms with Crippen LogP contribution >= 0.6 is 11.6 Å². The van der Waals surface area contributed by atoms with Crippen LogP contribution in [0.15, 0.2) is 30.7 Å². The van der Waals surface area contributed by atoms with Gasteiger partial charge < -0.3 is 5.32 Å². The molecule has 3 nitrogen and oxygen atoms in total. The Balaban J connectivity index is 2.24. The van der Waals surface area contributed by atoms with Crippen LogP contribution in [0.2, 0.25) is 5.02 Å². The average molecular weight is 306 g/mol. The lowest BCUT2D eigenvalue weighted by Crippen LogP contribution is -2.13. The van der Waals surface area contributed by atoms with E-state index >= 15 is 0 Å². The summed E-state index contributed by atoms with van der Waals surface area (Å²) in [5, 5.41) is 2.84. The van der Waals surface area contributed by atoms with Crippen LogP contribution in [0.25, 0.3) is 0 Å². The Bertz CT molecular complexity index is 616. The minimum Gasteiger partial charge on any atom is -0.365 e. The third-order valence-corrected chi connectivity index (χ3v) is 2.77. The van der Waals surface area contributed by atoms with Gasteiger partial charge in [-0.2, -0.15) is 13.2 Å². The van der Waals surface area contributed by atoms with Gasteiger partial charge in [-0.05, 0) is 17.7 Å². The van der Waals surface area contributed by atoms with Crippen molar-refractivity contribution in [2.45, 2.75) is 12.7 Å². The summed E-state index contributed by atoms with van der Waals surface area (Å²) < 4.78 is 51.3. The van der Waals surface area contributed by atoms with Crippen LogP contribution < -0.4 is 5.32 Å². The summed E-state index contributed by atoms with van der Waals surface area (Å²) in [5.41, 5.74) is -1.14. The number of hydrogen-bond acceptors (Lipinski definition) is 3. The van der Waals surface area contributed by atoms with Crippen molar-refractivity contribution in [2.24, 2.45) is 0 Å². The predicted molar refractivity (Wildman–Crippen MR) is 65.8 cm³/mol. The maximum absolute atomic E-state index is 12.9. The molecule has 20 heavy (non-hydrogen) atoms. The summed E-state index contributed by atoms with van der Waals surface area (Å²) in [6.45, 7) is -0.189. The molecule has 0 amide bonds. The minimum absolute atomic E-state index is 0.103. The van der Waals surface area contributed by atoms with Gasteiger partial charge >= 0.3 is 6.18 Å². The zero-order valence-electron chi connectivity index (χ0n) is 9.88. The molecule has 0 aliphatic carbocycles. The van der Waals surface area contributed by atoms with E-state index in [0.717, 1.165) is 12.1 Å². The van der Waals surface area contributed by atoms with E-state index in [1.165, 1.54) is 12.5 Å². The third kappa shape index (κ3) is 3.36. The van der Waals surface area contributed by atoms with E-state index in [9.17, 15) is 17.6 Å². The lowest BCUT2D eigenvalue weighted by Gasteiger charge is -2.14. The zero-order chi connectivity index (χ0) is 14.8. The second kappa shape index (κ2) is 5.62. The van der Waals surface area contributed by atoms with Gasteiger partial charge in [0.05, 0.1) is 11.8 Å². The quantitative estimate of drug-likeness (QED) is 0.874. The van der Waals surface area contributed by atoms with Crippen LogP contribution in [0.3, 0.4) is 0 Å². The molecule has 8 heteroatoms. The Labute approximate surface area is 116 Å². The monoisotopic (exact) mass is 305 g/mol. The molecule has 0 unspecified atom stereocenters. The molecule has 0 saturated heterocycles. The Hall–Kier alpha value is -1.89. The number of anilines is 1. The molecular formula is C12H8ClF4N3. The standard InChI is InChI=1S/C12H8ClF4N3/c13-10-5-18-6-20-11(10)19-4-7-1-2-8(14)3-9(7)12(15,16)17/h1-3,5-6H,4H2,(H,18,19,20). The molecule has 106 valence electrons. The molecule has 0 atom stereocenters. The average Bonchev–Trinajstić information content (AvgIpc) is 2.38. The van der Waals surface area contributed by atoms with Crippen molar-refractivity contribution < 1.29 is 17.6 Å². The highest BCUT2D eigenvalue weighted by atomic mass is 35.5. The van der Waals surface area contributed by atoms with E-state index < -0.39 is 17.6 Å². The van der Waals surface area contributed by atoms with E-state index in [4.69, 9.17) is 11.6 Å². The largest absolute Gasteiger partial charge is 0.416 e. The molecule has 0 aliphatic rings. The van der Waals surface area contributed by atoms with Gasteiger partial charge in [0.1, 0.15) is 23.0 Å². The summed E-state index contributed by atoms with van der Waals surface area (Å²) in [5.74, 6) is -0.736. The van der Waals surface area contributed by atoms with Crippen molar-refractivity contribution in [3.8, 4) is 0 Å². The molecule has 2 aromatic rings. The number of aromatic nitrogens is 2. The van der Waals surface area contributed by atoms with Gasteiger partial charge in [0.25, 0.3) is 0 Å². The van der Waals surface area contributed by atoms with Crippen LogP contribution in [0, 0.1) is 5.82 Å². The summed E-state index contributed by atoms with van der Waals surface area (Å²) >= 11 is 5.78. The van der Waals surface area contributed by atoms with Gasteiger partial charge in [-0.15, -0.1) is 0 Å². The smallest absolute Gasteiger partial charge is 0.365 e. The molecule has 1 aromatic carbocycles. The second-order valence-corrected chi connectivity index (χ2v) is 4.28. The minimum atomic E-state index is -4.63. The van der Waals surface area contributed by atoms with Crippen molar-refractivity contribution >= 4 is 17.4 Å². The molecule has 1 heterocycles. The number of benzene rings is 1. The fourth-order valence-corrected chi connectivity index (χ4v) is 1.76. The normalized spacial score (nSPS) is 11.4. The van der Waals surface area contributed by atoms with E-state index in [1.807, 2.05) is 0 Å². The van der Waals surface area contributed by atoms with Crippen LogP contribution in [-0.4, -0.2) is 9.97 Å². The topological polar surface area (TPSA) is 37.8 Å². The van der Waals surface area contributed by atoms with Crippen molar-refractivity contribution in [1.29, 1.82) is 0 Å². The fourth-order valence-electron chi connectivity index (χ4n) is 1.59. The van der Waals surface area contributed by atoms with Crippen molar-refractivity contribution in [2.75, 3.05) is 5.32 Å². The van der Waals surface area contributed by atoms with Crippen LogP contribution in [0.4, 0.5) is 23.4 Å². The molecule has 0 aliphatic heterocycles. The molecule has 0 fully saturated rings. The van der Waals surface area contributed by atoms with E-state index in [0.29, 0.717) is 6.07 Å². The predicted octanol–water partition coefficient (Wildman–Crippen LogP) is 3.90. The number of hydrogen-bond donors (Lipinski definition) is 1. The van der Waals surface area contributed by atoms with Gasteiger partial charge in [0.15, 0.2) is 0 Å². The molecule has 2 rings (SSSR count). The van der Waals surface area contributed by atoms with Gasteiger partial charge in [-0.3, -0.25) is 0 Å². The van der Waals surface area contributed by atoms with Crippen molar-refractivity contribution in [3.05, 3.63) is 52.7 Å². The number of alkyl halides is 3. The number of halogens is 5. The molecule has 0 bridgehead atoms. The first-order chi connectivity index (χ1) is 9.38. The Morgan fingerprint density at radius 2 is 2.00 bits per heavy atom. The molecule has 0 spiro atoms. The lowest BCUT2D eigenvalue weighted by molar-refractivity contribution is -0.138. The number of nitrogens with zero attached hydrogens (tertiary/aromatic N) is 2. The number of nitrogens with one attached hydrogen (secondary N) is 1. The van der Waals surface area contributed by atoms with E-state index in [-0.39, 0.29) is 22.9 Å². The van der Waals surface area contributed by atoms with Crippen molar-refractivity contribution in [3.63, 3.8) is 0 Å². The van der Waals surface area contributed by atoms with Crippen molar-refractivity contribution in [1.82, 2.24) is 9.97 Å². The van der Waals surface area contributed by atoms with Crippen LogP contribution in [0.1, 0.15) is 11.1 Å². The van der Waals surface area contributed by atoms with Gasteiger partial charge in [-0.1, -0.05) is 17.7 Å². The number of rotatable bonds is 3. The Kier molecular flexibility index (Phi) is 4.08. The van der Waals surface area contributed by atoms with Gasteiger partial charge in [-0.25, -0.2) is 14.4 Å². The molecule has 1 N–H and O–H groups in total. The highest BCUT2D eigenvalue weighted by Gasteiger charge is 2.33. The highest BCUT2D eigenvalue weighted by molar-refractivity contribution is 6.32. The first-order valence-electron chi connectivity index (χ1n) is 5.43. The lowest BCUT2D eigenvalue weighted by atomic mass is 10.1. The molecule has 1 aromatic heterocycles. The molecule has 0 saturated carbocycles. The molecular weight excluding hydrogens is 298 g/mol. The summed E-state index contributed by atoms with van der Waals surface area (Å²) in [4.78, 5) is 7.45. The second-order valence-electron chi connectivity index (χ2n) is 3.87. The maximum Gasteiger partial charge on any atom is 0.416 e. The Morgan fingerprint density at radius 3 is 2.65 bits per heavy atom. The summed E-state index contributed by atoms with van der Waals surface area (Å²) in [7, 11) is 0. The first-order valence-corrected chi connectivity index (χ1v) is 5.80. The summed E-state index contributed by atoms with van der Waals surface area (Å²) in [6.07, 6.45) is -2.11. The maximum atomic E-state index is 12.9. The SMILES string of the molecule is Fc1ccc(CNc2ncncc2Cl)c(C(F)(F)F)c1. The fraction of sp³-hybridized carbons (Fsp3) is 0.167. The van der Waals surface area contributed by atoms with Gasteiger partial charge in [0, 0.05) is 6.54 Å². The van der Waals surface area contributed by atoms with Gasteiger partial charge in [0.2, 0.25) is 0 Å². The first kappa shape index (κ1) is 14.5.